The van der Waals surface area contributed by atoms with Crippen molar-refractivity contribution in [2.45, 2.75) is 93.3 Å². The molecule has 0 fully saturated rings. The van der Waals surface area contributed by atoms with Gasteiger partial charge in [-0.15, -0.1) is 0 Å². The van der Waals surface area contributed by atoms with Crippen LogP contribution >= 0.6 is 8.07 Å². The van der Waals surface area contributed by atoms with Crippen molar-refractivity contribution < 1.29 is 9.47 Å². The molecule has 0 aliphatic rings. The van der Waals surface area contributed by atoms with Gasteiger partial charge < -0.3 is 9.47 Å². The van der Waals surface area contributed by atoms with Crippen LogP contribution in [0.2, 0.25) is 0 Å². The van der Waals surface area contributed by atoms with Crippen molar-refractivity contribution in [2.24, 2.45) is 0 Å². The molecule has 0 aromatic heterocycles. The van der Waals surface area contributed by atoms with Crippen LogP contribution in [-0.4, -0.2) is 17.8 Å². The summed E-state index contributed by atoms with van der Waals surface area (Å²) >= 11 is 0. The van der Waals surface area contributed by atoms with Crippen molar-refractivity contribution in [2.75, 3.05) is 13.1 Å². The molecule has 0 aliphatic heterocycles. The number of hydrogen-bond donors (Lipinski definition) is 0. The minimum Gasteiger partial charge on any atom is -0.488 e. The molecule has 0 heterocycles. The van der Waals surface area contributed by atoms with Crippen molar-refractivity contribution in [3.05, 3.63) is 118 Å². The Bertz CT molecular complexity index is 1400. The van der Waals surface area contributed by atoms with Crippen LogP contribution in [0.4, 0.5) is 0 Å². The molecule has 4 heteroatoms. The summed E-state index contributed by atoms with van der Waals surface area (Å²) in [7, 11) is -0.993. The Kier molecular flexibility index (Phi) is 11.0. The van der Waals surface area contributed by atoms with Crippen LogP contribution in [0.1, 0.15) is 88.8 Å². The maximum absolute atomic E-state index is 6.92. The van der Waals surface area contributed by atoms with E-state index in [1.54, 1.807) is 0 Å². The Balaban J connectivity index is 2.00. The lowest BCUT2D eigenvalue weighted by atomic mass is 9.85. The Labute approximate surface area is 268 Å². The van der Waals surface area contributed by atoms with E-state index in [1.165, 1.54) is 44.0 Å². The normalized spacial score (nSPS) is 12.2. The van der Waals surface area contributed by atoms with E-state index in [2.05, 4.69) is 159 Å². The predicted octanol–water partition coefficient (Wildman–Crippen LogP) is 9.75. The van der Waals surface area contributed by atoms with E-state index >= 15 is 0 Å². The van der Waals surface area contributed by atoms with E-state index in [1.807, 2.05) is 0 Å². The first-order chi connectivity index (χ1) is 20.8. The van der Waals surface area contributed by atoms with Crippen LogP contribution in [0.25, 0.3) is 0 Å². The molecule has 44 heavy (non-hydrogen) atoms. The van der Waals surface area contributed by atoms with Gasteiger partial charge in [0.15, 0.2) is 0 Å². The molecular weight excluding hydrogens is 557 g/mol. The molecule has 4 aromatic carbocycles. The van der Waals surface area contributed by atoms with Crippen molar-refractivity contribution in [1.82, 2.24) is 4.67 Å². The first-order valence-corrected chi connectivity index (χ1v) is 17.3. The molecule has 0 saturated heterocycles. The second kappa shape index (κ2) is 14.3. The zero-order valence-corrected chi connectivity index (χ0v) is 29.5. The van der Waals surface area contributed by atoms with Gasteiger partial charge in [-0.25, -0.2) is 0 Å². The average Bonchev–Trinajstić information content (AvgIpc) is 2.98. The van der Waals surface area contributed by atoms with Gasteiger partial charge in [-0.1, -0.05) is 128 Å². The lowest BCUT2D eigenvalue weighted by Crippen LogP contribution is -2.33. The first-order valence-electron chi connectivity index (χ1n) is 16.0. The Hall–Kier alpha value is -3.13. The van der Waals surface area contributed by atoms with Crippen LogP contribution in [0.3, 0.4) is 0 Å². The van der Waals surface area contributed by atoms with Gasteiger partial charge in [-0.05, 0) is 72.2 Å². The van der Waals surface area contributed by atoms with Gasteiger partial charge in [0.2, 0.25) is 0 Å². The minimum absolute atomic E-state index is 0.0904. The van der Waals surface area contributed by atoms with Gasteiger partial charge in [-0.3, -0.25) is 4.67 Å². The molecule has 0 amide bonds. The highest BCUT2D eigenvalue weighted by Gasteiger charge is 2.34. The molecule has 0 spiro atoms. The molecule has 3 nitrogen and oxygen atoms in total. The summed E-state index contributed by atoms with van der Waals surface area (Å²) in [6.45, 7) is 25.6. The fourth-order valence-corrected chi connectivity index (χ4v) is 8.48. The fraction of sp³-hybridized carbons (Fsp3) is 0.400. The maximum atomic E-state index is 6.92. The number of ether oxygens (including phenoxy) is 2. The third-order valence-corrected chi connectivity index (χ3v) is 10.7. The van der Waals surface area contributed by atoms with Gasteiger partial charge in [-0.2, -0.15) is 0 Å². The quantitative estimate of drug-likeness (QED) is 0.158. The minimum atomic E-state index is -0.993. The Morgan fingerprint density at radius 3 is 1.25 bits per heavy atom. The molecule has 0 N–H and O–H groups in total. The highest BCUT2D eigenvalue weighted by Crippen LogP contribution is 2.48. The lowest BCUT2D eigenvalue weighted by molar-refractivity contribution is 0.299. The molecule has 0 saturated carbocycles. The van der Waals surface area contributed by atoms with E-state index in [0.717, 1.165) is 24.6 Å². The maximum Gasteiger partial charge on any atom is 0.132 e. The van der Waals surface area contributed by atoms with Crippen molar-refractivity contribution >= 4 is 18.7 Å². The fourth-order valence-electron chi connectivity index (χ4n) is 5.64. The third kappa shape index (κ3) is 8.12. The largest absolute Gasteiger partial charge is 0.488 e. The molecule has 0 aliphatic carbocycles. The Morgan fingerprint density at radius 1 is 0.568 bits per heavy atom. The second-order valence-electron chi connectivity index (χ2n) is 13.8. The highest BCUT2D eigenvalue weighted by atomic mass is 31.1. The monoisotopic (exact) mass is 609 g/mol. The zero-order valence-electron chi connectivity index (χ0n) is 28.6. The molecular formula is C40H52NO2P. The standard InChI is InChI=1S/C40H52NO2P/c1-11-41(12-2)44(35-25-29(3)23-33(39(5,6)7)37(35)42-27-31-19-15-13-16-20-31)36-26-30(4)24-34(40(8,9)10)38(36)43-28-32-21-17-14-18-22-32/h13-26H,11-12,27-28H2,1-10H3. The van der Waals surface area contributed by atoms with Crippen LogP contribution in [0, 0.1) is 13.8 Å². The number of benzene rings is 4. The average molecular weight is 610 g/mol. The zero-order chi connectivity index (χ0) is 32.1. The summed E-state index contributed by atoms with van der Waals surface area (Å²) in [6, 6.07) is 30.4. The van der Waals surface area contributed by atoms with Gasteiger partial charge in [0.25, 0.3) is 0 Å². The molecule has 4 rings (SSSR count). The number of rotatable bonds is 11. The van der Waals surface area contributed by atoms with E-state index < -0.39 is 8.07 Å². The summed E-state index contributed by atoms with van der Waals surface area (Å²) in [5.74, 6) is 2.02. The van der Waals surface area contributed by atoms with Crippen molar-refractivity contribution in [3.8, 4) is 11.5 Å². The number of aryl methyl sites for hydroxylation is 2. The predicted molar refractivity (Wildman–Crippen MR) is 190 cm³/mol. The van der Waals surface area contributed by atoms with E-state index in [9.17, 15) is 0 Å². The topological polar surface area (TPSA) is 21.7 Å². The van der Waals surface area contributed by atoms with E-state index in [-0.39, 0.29) is 10.8 Å². The van der Waals surface area contributed by atoms with Gasteiger partial charge in [0, 0.05) is 29.8 Å². The van der Waals surface area contributed by atoms with E-state index in [0.29, 0.717) is 13.2 Å². The SMILES string of the molecule is CCN(CC)P(c1cc(C)cc(C(C)(C)C)c1OCc1ccccc1)c1cc(C)cc(C(C)(C)C)c1OCc1ccccc1. The summed E-state index contributed by atoms with van der Waals surface area (Å²) in [4.78, 5) is 0. The summed E-state index contributed by atoms with van der Waals surface area (Å²) in [6.07, 6.45) is 0. The van der Waals surface area contributed by atoms with E-state index in [4.69, 9.17) is 9.47 Å². The molecule has 0 atom stereocenters. The molecule has 234 valence electrons. The van der Waals surface area contributed by atoms with Crippen LogP contribution in [0.15, 0.2) is 84.9 Å². The van der Waals surface area contributed by atoms with Gasteiger partial charge in [0.05, 0.1) is 0 Å². The van der Waals surface area contributed by atoms with Crippen LogP contribution in [-0.2, 0) is 24.0 Å². The summed E-state index contributed by atoms with van der Waals surface area (Å²) < 4.78 is 16.5. The second-order valence-corrected chi connectivity index (χ2v) is 16.0. The first kappa shape index (κ1) is 33.8. The van der Waals surface area contributed by atoms with Gasteiger partial charge >= 0.3 is 0 Å². The lowest BCUT2D eigenvalue weighted by Gasteiger charge is -2.36. The van der Waals surface area contributed by atoms with Gasteiger partial charge in [0.1, 0.15) is 24.7 Å². The Morgan fingerprint density at radius 2 is 0.932 bits per heavy atom. The highest BCUT2D eigenvalue weighted by molar-refractivity contribution is 7.71. The van der Waals surface area contributed by atoms with Crippen molar-refractivity contribution in [1.29, 1.82) is 0 Å². The molecule has 4 aromatic rings. The van der Waals surface area contributed by atoms with Crippen LogP contribution < -0.4 is 20.1 Å². The molecule has 0 radical (unpaired) electrons. The molecule has 0 unspecified atom stereocenters. The van der Waals surface area contributed by atoms with Crippen molar-refractivity contribution in [3.63, 3.8) is 0 Å². The number of hydrogen-bond acceptors (Lipinski definition) is 3. The number of nitrogens with zero attached hydrogens (tertiary/aromatic N) is 1. The molecule has 0 bridgehead atoms. The van der Waals surface area contributed by atoms with Crippen LogP contribution in [0.5, 0.6) is 11.5 Å². The third-order valence-electron chi connectivity index (χ3n) is 7.96. The summed E-state index contributed by atoms with van der Waals surface area (Å²) in [5.41, 5.74) is 7.17. The smallest absolute Gasteiger partial charge is 0.132 e. The summed E-state index contributed by atoms with van der Waals surface area (Å²) in [5, 5.41) is 2.53.